The quantitative estimate of drug-likeness (QED) is 0.483. The van der Waals surface area contributed by atoms with Crippen LogP contribution in [0.3, 0.4) is 0 Å². The Balaban J connectivity index is 1.95. The van der Waals surface area contributed by atoms with Gasteiger partial charge in [-0.1, -0.05) is 53.5 Å². The smallest absolute Gasteiger partial charge is 0.331 e. The molecule has 0 amide bonds. The zero-order valence-electron chi connectivity index (χ0n) is 12.4. The van der Waals surface area contributed by atoms with Crippen LogP contribution in [0.4, 0.5) is 0 Å². The van der Waals surface area contributed by atoms with Gasteiger partial charge in [-0.2, -0.15) is 0 Å². The number of carbonyl (C=O) groups excluding carboxylic acids is 3. The summed E-state index contributed by atoms with van der Waals surface area (Å²) >= 11 is 11.6. The minimum absolute atomic E-state index is 0.213. The number of nitrogens with two attached hydrogens (primary N) is 1. The molecule has 0 fully saturated rings. The highest BCUT2D eigenvalue weighted by molar-refractivity contribution is 6.42. The molecule has 1 unspecified atom stereocenters. The van der Waals surface area contributed by atoms with Crippen LogP contribution >= 0.6 is 23.2 Å². The summed E-state index contributed by atoms with van der Waals surface area (Å²) < 4.78 is 4.82. The second kappa shape index (κ2) is 8.06. The second-order valence-corrected chi connectivity index (χ2v) is 5.68. The molecule has 0 aliphatic rings. The first-order valence-corrected chi connectivity index (χ1v) is 7.65. The van der Waals surface area contributed by atoms with Crippen LogP contribution in [0.1, 0.15) is 20.7 Å². The van der Waals surface area contributed by atoms with E-state index in [-0.39, 0.29) is 16.1 Å². The lowest BCUT2D eigenvalue weighted by molar-refractivity contribution is -0.142. The molecule has 2 aromatic rings. The molecule has 0 saturated carbocycles. The van der Waals surface area contributed by atoms with Gasteiger partial charge in [-0.05, 0) is 18.2 Å². The molecule has 0 radical (unpaired) electrons. The van der Waals surface area contributed by atoms with E-state index in [0.717, 1.165) is 0 Å². The highest BCUT2D eigenvalue weighted by atomic mass is 35.5. The molecule has 2 aromatic carbocycles. The van der Waals surface area contributed by atoms with E-state index in [4.69, 9.17) is 33.7 Å². The number of carbonyl (C=O) groups is 3. The number of rotatable bonds is 6. The van der Waals surface area contributed by atoms with Crippen LogP contribution in [-0.2, 0) is 9.53 Å². The van der Waals surface area contributed by atoms with Crippen LogP contribution in [0.2, 0.25) is 10.0 Å². The van der Waals surface area contributed by atoms with E-state index < -0.39 is 30.2 Å². The third-order valence-corrected chi connectivity index (χ3v) is 3.92. The fourth-order valence-corrected chi connectivity index (χ4v) is 2.17. The number of hydrogen-bond donors (Lipinski definition) is 1. The Hall–Kier alpha value is -2.21. The first-order valence-electron chi connectivity index (χ1n) is 6.90. The summed E-state index contributed by atoms with van der Waals surface area (Å²) in [6, 6.07) is 10.9. The standard InChI is InChI=1S/C17H13Cl2NO4/c18-12-7-6-11(8-13(12)19)14(21)9-24-17(23)15(20)16(22)10-4-2-1-3-5-10/h1-8,15H,9,20H2. The number of esters is 1. The van der Waals surface area contributed by atoms with Crippen LogP contribution in [0.25, 0.3) is 0 Å². The molecule has 2 N–H and O–H groups in total. The Bertz CT molecular complexity index is 777. The normalized spacial score (nSPS) is 11.6. The monoisotopic (exact) mass is 365 g/mol. The van der Waals surface area contributed by atoms with Crippen molar-refractivity contribution in [3.8, 4) is 0 Å². The van der Waals surface area contributed by atoms with Gasteiger partial charge < -0.3 is 10.5 Å². The number of hydrogen-bond acceptors (Lipinski definition) is 5. The van der Waals surface area contributed by atoms with Crippen molar-refractivity contribution >= 4 is 40.7 Å². The molecular formula is C17H13Cl2NO4. The van der Waals surface area contributed by atoms with Crippen molar-refractivity contribution in [2.75, 3.05) is 6.61 Å². The minimum atomic E-state index is -1.49. The van der Waals surface area contributed by atoms with Gasteiger partial charge in [0.2, 0.25) is 0 Å². The Kier molecular flexibility index (Phi) is 6.09. The first-order chi connectivity index (χ1) is 11.4. The van der Waals surface area contributed by atoms with E-state index in [1.165, 1.54) is 30.3 Å². The third-order valence-electron chi connectivity index (χ3n) is 3.18. The van der Waals surface area contributed by atoms with Gasteiger partial charge in [0.25, 0.3) is 0 Å². The summed E-state index contributed by atoms with van der Waals surface area (Å²) in [7, 11) is 0. The summed E-state index contributed by atoms with van der Waals surface area (Å²) in [6.45, 7) is -0.549. The lowest BCUT2D eigenvalue weighted by Crippen LogP contribution is -2.40. The Morgan fingerprint density at radius 1 is 0.958 bits per heavy atom. The number of Topliss-reactive ketones (excluding diaryl/α,β-unsaturated/α-hetero) is 2. The maximum absolute atomic E-state index is 12.0. The van der Waals surface area contributed by atoms with Crippen molar-refractivity contribution in [3.05, 3.63) is 69.7 Å². The van der Waals surface area contributed by atoms with Crippen LogP contribution < -0.4 is 5.73 Å². The summed E-state index contributed by atoms with van der Waals surface area (Å²) in [5, 5.41) is 0.519. The molecule has 7 heteroatoms. The summed E-state index contributed by atoms with van der Waals surface area (Å²) in [4.78, 5) is 35.9. The molecule has 0 aliphatic heterocycles. The molecule has 0 aliphatic carbocycles. The van der Waals surface area contributed by atoms with Gasteiger partial charge in [0.1, 0.15) is 0 Å². The molecule has 24 heavy (non-hydrogen) atoms. The molecule has 2 rings (SSSR count). The molecule has 1 atom stereocenters. The summed E-state index contributed by atoms with van der Waals surface area (Å²) in [5.74, 6) is -2.04. The SMILES string of the molecule is NC(C(=O)OCC(=O)c1ccc(Cl)c(Cl)c1)C(=O)c1ccccc1. The van der Waals surface area contributed by atoms with Gasteiger partial charge in [0.05, 0.1) is 10.0 Å². The van der Waals surface area contributed by atoms with Gasteiger partial charge >= 0.3 is 5.97 Å². The molecule has 0 saturated heterocycles. The largest absolute Gasteiger partial charge is 0.456 e. The highest BCUT2D eigenvalue weighted by Gasteiger charge is 2.25. The van der Waals surface area contributed by atoms with E-state index >= 15 is 0 Å². The lowest BCUT2D eigenvalue weighted by atomic mass is 10.1. The topological polar surface area (TPSA) is 86.5 Å². The van der Waals surface area contributed by atoms with E-state index in [1.54, 1.807) is 18.2 Å². The number of benzene rings is 2. The fourth-order valence-electron chi connectivity index (χ4n) is 1.87. The molecule has 0 aromatic heterocycles. The molecule has 0 heterocycles. The van der Waals surface area contributed by atoms with Gasteiger partial charge in [-0.3, -0.25) is 9.59 Å². The van der Waals surface area contributed by atoms with Crippen molar-refractivity contribution in [2.24, 2.45) is 5.73 Å². The van der Waals surface area contributed by atoms with Gasteiger partial charge in [0, 0.05) is 11.1 Å². The van der Waals surface area contributed by atoms with Crippen molar-refractivity contribution in [3.63, 3.8) is 0 Å². The number of ketones is 2. The average molecular weight is 366 g/mol. The molecular weight excluding hydrogens is 353 g/mol. The first kappa shape index (κ1) is 18.1. The maximum Gasteiger partial charge on any atom is 0.331 e. The van der Waals surface area contributed by atoms with E-state index in [2.05, 4.69) is 0 Å². The Morgan fingerprint density at radius 3 is 2.25 bits per heavy atom. The van der Waals surface area contributed by atoms with Crippen molar-refractivity contribution in [2.45, 2.75) is 6.04 Å². The Morgan fingerprint density at radius 2 is 1.62 bits per heavy atom. The van der Waals surface area contributed by atoms with Gasteiger partial charge in [-0.15, -0.1) is 0 Å². The van der Waals surface area contributed by atoms with E-state index in [0.29, 0.717) is 5.02 Å². The molecule has 124 valence electrons. The van der Waals surface area contributed by atoms with E-state index in [1.807, 2.05) is 0 Å². The maximum atomic E-state index is 12.0. The van der Waals surface area contributed by atoms with Crippen molar-refractivity contribution in [1.82, 2.24) is 0 Å². The fraction of sp³-hybridized carbons (Fsp3) is 0.118. The van der Waals surface area contributed by atoms with Crippen LogP contribution in [0.5, 0.6) is 0 Å². The predicted octanol–water partition coefficient (Wildman–Crippen LogP) is 2.93. The molecule has 0 spiro atoms. The average Bonchev–Trinajstić information content (AvgIpc) is 2.61. The van der Waals surface area contributed by atoms with Gasteiger partial charge in [-0.25, -0.2) is 4.79 Å². The zero-order chi connectivity index (χ0) is 17.7. The van der Waals surface area contributed by atoms with Crippen LogP contribution in [0, 0.1) is 0 Å². The third kappa shape index (κ3) is 4.41. The minimum Gasteiger partial charge on any atom is -0.456 e. The second-order valence-electron chi connectivity index (χ2n) is 4.87. The van der Waals surface area contributed by atoms with Gasteiger partial charge in [0.15, 0.2) is 24.2 Å². The van der Waals surface area contributed by atoms with Crippen LogP contribution in [-0.4, -0.2) is 30.2 Å². The van der Waals surface area contributed by atoms with E-state index in [9.17, 15) is 14.4 Å². The zero-order valence-corrected chi connectivity index (χ0v) is 13.9. The van der Waals surface area contributed by atoms with Crippen LogP contribution in [0.15, 0.2) is 48.5 Å². The highest BCUT2D eigenvalue weighted by Crippen LogP contribution is 2.22. The number of halogens is 2. The predicted molar refractivity (Wildman–Crippen MR) is 90.5 cm³/mol. The molecule has 0 bridgehead atoms. The Labute approximate surface area is 148 Å². The van der Waals surface area contributed by atoms with Crippen molar-refractivity contribution < 1.29 is 19.1 Å². The summed E-state index contributed by atoms with van der Waals surface area (Å²) in [6.07, 6.45) is 0. The lowest BCUT2D eigenvalue weighted by Gasteiger charge is -2.10. The number of ether oxygens (including phenoxy) is 1. The van der Waals surface area contributed by atoms with Crippen molar-refractivity contribution in [1.29, 1.82) is 0 Å². The summed E-state index contributed by atoms with van der Waals surface area (Å²) in [5.41, 5.74) is 6.11. The molecule has 5 nitrogen and oxygen atoms in total.